The van der Waals surface area contributed by atoms with Crippen molar-refractivity contribution in [3.63, 3.8) is 0 Å². The summed E-state index contributed by atoms with van der Waals surface area (Å²) >= 11 is 0. The fourth-order valence-corrected chi connectivity index (χ4v) is 7.67. The lowest BCUT2D eigenvalue weighted by Crippen LogP contribution is -2.59. The number of aromatic amines is 1. The first kappa shape index (κ1) is 24.5. The van der Waals surface area contributed by atoms with Gasteiger partial charge in [-0.25, -0.2) is 0 Å². The summed E-state index contributed by atoms with van der Waals surface area (Å²) in [4.78, 5) is 57.3. The number of carbonyl (C=O) groups excluding carboxylic acids is 4. The highest BCUT2D eigenvalue weighted by Gasteiger charge is 2.71. The van der Waals surface area contributed by atoms with Crippen molar-refractivity contribution in [2.75, 3.05) is 0 Å². The molecule has 1 saturated heterocycles. The summed E-state index contributed by atoms with van der Waals surface area (Å²) in [5, 5.41) is 4.35. The third kappa shape index (κ3) is 3.12. The average molecular weight is 509 g/mol. The molecule has 6 nitrogen and oxygen atoms in total. The Balaban J connectivity index is 1.59. The molecule has 2 heterocycles. The molecular formula is C32H32N2O4. The smallest absolute Gasteiger partial charge is 0.235 e. The Kier molecular flexibility index (Phi) is 5.39. The lowest BCUT2D eigenvalue weighted by molar-refractivity contribution is -0.143. The molecule has 2 N–H and O–H groups in total. The van der Waals surface area contributed by atoms with Gasteiger partial charge in [-0.3, -0.25) is 19.2 Å². The van der Waals surface area contributed by atoms with Crippen LogP contribution in [0.3, 0.4) is 0 Å². The third-order valence-electron chi connectivity index (χ3n) is 9.50. The van der Waals surface area contributed by atoms with Gasteiger partial charge in [0.1, 0.15) is 5.41 Å². The van der Waals surface area contributed by atoms with E-state index in [0.717, 1.165) is 28.2 Å². The van der Waals surface area contributed by atoms with E-state index < -0.39 is 34.1 Å². The van der Waals surface area contributed by atoms with E-state index in [1.54, 1.807) is 13.0 Å². The number of rotatable bonds is 0. The largest absolute Gasteiger partial charge is 0.357 e. The molecule has 3 aliphatic carbocycles. The molecule has 6 heteroatoms. The molecule has 1 fully saturated rings. The van der Waals surface area contributed by atoms with Gasteiger partial charge >= 0.3 is 0 Å². The molecule has 4 aliphatic rings. The number of amides is 1. The predicted molar refractivity (Wildman–Crippen MR) is 145 cm³/mol. The second-order valence-corrected chi connectivity index (χ2v) is 11.6. The van der Waals surface area contributed by atoms with Crippen LogP contribution in [0.2, 0.25) is 0 Å². The van der Waals surface area contributed by atoms with Gasteiger partial charge in [0.25, 0.3) is 0 Å². The van der Waals surface area contributed by atoms with E-state index in [2.05, 4.69) is 42.4 Å². The summed E-state index contributed by atoms with van der Waals surface area (Å²) in [7, 11) is 0. The number of nitrogens with one attached hydrogen (secondary N) is 2. The number of benzene rings is 1. The number of para-hydroxylation sites is 1. The van der Waals surface area contributed by atoms with Gasteiger partial charge in [0.05, 0.1) is 0 Å². The summed E-state index contributed by atoms with van der Waals surface area (Å²) in [5.74, 6) is -2.94. The first-order valence-corrected chi connectivity index (χ1v) is 13.4. The van der Waals surface area contributed by atoms with Gasteiger partial charge in [0.15, 0.2) is 5.78 Å². The van der Waals surface area contributed by atoms with Gasteiger partial charge in [-0.05, 0) is 68.9 Å². The van der Waals surface area contributed by atoms with Crippen molar-refractivity contribution in [2.45, 2.75) is 52.0 Å². The molecule has 6 rings (SSSR count). The maximum absolute atomic E-state index is 14.2. The number of carbonyl (C=O) groups is 4. The van der Waals surface area contributed by atoms with Gasteiger partial charge in [-0.1, -0.05) is 55.0 Å². The molecule has 0 saturated carbocycles. The summed E-state index contributed by atoms with van der Waals surface area (Å²) in [5.41, 5.74) is 2.70. The molecule has 0 unspecified atom stereocenters. The summed E-state index contributed by atoms with van der Waals surface area (Å²) in [6.07, 6.45) is 11.3. The van der Waals surface area contributed by atoms with Crippen LogP contribution in [0.25, 0.3) is 10.9 Å². The Labute approximate surface area is 221 Å². The molecule has 6 atom stereocenters. The number of aromatic nitrogens is 1. The van der Waals surface area contributed by atoms with E-state index in [4.69, 9.17) is 0 Å². The zero-order valence-corrected chi connectivity index (χ0v) is 22.1. The van der Waals surface area contributed by atoms with Crippen molar-refractivity contribution in [3.8, 4) is 0 Å². The summed E-state index contributed by atoms with van der Waals surface area (Å²) in [6, 6.07) is 7.93. The summed E-state index contributed by atoms with van der Waals surface area (Å²) in [6.45, 7) is 7.84. The lowest BCUT2D eigenvalue weighted by atomic mass is 9.47. The molecule has 1 amide bonds. The van der Waals surface area contributed by atoms with E-state index in [1.165, 1.54) is 11.6 Å². The van der Waals surface area contributed by atoms with Gasteiger partial charge in [-0.15, -0.1) is 0 Å². The Morgan fingerprint density at radius 1 is 1.00 bits per heavy atom. The minimum absolute atomic E-state index is 0.0204. The van der Waals surface area contributed by atoms with Crippen LogP contribution in [-0.4, -0.2) is 34.3 Å². The minimum atomic E-state index is -1.43. The highest BCUT2D eigenvalue weighted by molar-refractivity contribution is 6.47. The first-order valence-electron chi connectivity index (χ1n) is 13.4. The second kappa shape index (κ2) is 8.35. The first-order chi connectivity index (χ1) is 18.1. The SMILES string of the molecule is CC1=C[C@@H]2/C=C/C[C@H](C)/C=C(\C)C(=O)C(=O)/C=C/C(=O)[C@]23C(=O)N[C@H]2Cc4c([nH]c5ccccc45)[C@@]1(C)[C@@H]23. The fraction of sp³-hybridized carbons (Fsp3) is 0.375. The van der Waals surface area contributed by atoms with Gasteiger partial charge < -0.3 is 10.3 Å². The number of hydrogen-bond donors (Lipinski definition) is 2. The third-order valence-corrected chi connectivity index (χ3v) is 9.50. The number of hydrogen-bond acceptors (Lipinski definition) is 4. The molecule has 0 radical (unpaired) electrons. The molecule has 1 spiro atoms. The average Bonchev–Trinajstić information content (AvgIpc) is 3.41. The topological polar surface area (TPSA) is 96.1 Å². The Morgan fingerprint density at radius 2 is 1.76 bits per heavy atom. The maximum Gasteiger partial charge on any atom is 0.235 e. The van der Waals surface area contributed by atoms with Gasteiger partial charge in [-0.2, -0.15) is 0 Å². The van der Waals surface area contributed by atoms with Crippen molar-refractivity contribution < 1.29 is 19.2 Å². The van der Waals surface area contributed by atoms with Crippen molar-refractivity contribution in [1.29, 1.82) is 0 Å². The Hall–Kier alpha value is -3.80. The standard InChI is InChI=1S/C32H32N2O4/c1-17-8-7-9-20-15-19(3)31(4)28-24(16-22-21-10-5-6-11-23(21)33-29(22)31)34-30(38)32(20,28)26(36)13-12-25(35)27(37)18(2)14-17/h5-7,9-15,17,20,24,28,33H,8,16H2,1-4H3,(H,34,38)/b9-7+,13-12+,18-14+/t17-,20-,24-,28+,31+,32+/m0/s1. The quantitative estimate of drug-likeness (QED) is 0.312. The van der Waals surface area contributed by atoms with E-state index >= 15 is 0 Å². The van der Waals surface area contributed by atoms with Crippen LogP contribution < -0.4 is 5.32 Å². The molecule has 0 bridgehead atoms. The van der Waals surface area contributed by atoms with E-state index in [9.17, 15) is 19.2 Å². The normalized spacial score (nSPS) is 37.9. The maximum atomic E-state index is 14.2. The molecule has 1 aromatic heterocycles. The second-order valence-electron chi connectivity index (χ2n) is 11.6. The highest BCUT2D eigenvalue weighted by atomic mass is 16.2. The van der Waals surface area contributed by atoms with Crippen LogP contribution in [0.5, 0.6) is 0 Å². The minimum Gasteiger partial charge on any atom is -0.357 e. The van der Waals surface area contributed by atoms with Crippen LogP contribution in [0.15, 0.2) is 71.9 Å². The van der Waals surface area contributed by atoms with Crippen molar-refractivity contribution in [2.24, 2.45) is 23.2 Å². The van der Waals surface area contributed by atoms with E-state index in [1.807, 2.05) is 31.2 Å². The molecule has 38 heavy (non-hydrogen) atoms. The Bertz CT molecular complexity index is 1550. The van der Waals surface area contributed by atoms with Crippen molar-refractivity contribution in [1.82, 2.24) is 10.3 Å². The molecule has 1 aromatic carbocycles. The van der Waals surface area contributed by atoms with Crippen LogP contribution in [0, 0.1) is 23.2 Å². The highest BCUT2D eigenvalue weighted by Crippen LogP contribution is 2.63. The van der Waals surface area contributed by atoms with Crippen LogP contribution in [0.1, 0.15) is 45.4 Å². The van der Waals surface area contributed by atoms with Crippen LogP contribution in [0.4, 0.5) is 0 Å². The van der Waals surface area contributed by atoms with E-state index in [-0.39, 0.29) is 23.8 Å². The Morgan fingerprint density at radius 3 is 2.55 bits per heavy atom. The van der Waals surface area contributed by atoms with Gasteiger partial charge in [0.2, 0.25) is 17.5 Å². The number of Topliss-reactive ketones (excluding diaryl/α,β-unsaturated/α-hetero) is 1. The van der Waals surface area contributed by atoms with Crippen LogP contribution >= 0.6 is 0 Å². The van der Waals surface area contributed by atoms with Crippen molar-refractivity contribution in [3.05, 3.63) is 83.1 Å². The van der Waals surface area contributed by atoms with Gasteiger partial charge in [0, 0.05) is 39.9 Å². The van der Waals surface area contributed by atoms with E-state index in [0.29, 0.717) is 18.4 Å². The number of fused-ring (bicyclic) bond motifs is 4. The molecule has 2 aromatic rings. The zero-order chi connectivity index (χ0) is 27.0. The lowest BCUT2D eigenvalue weighted by Gasteiger charge is -2.53. The predicted octanol–water partition coefficient (Wildman–Crippen LogP) is 4.46. The zero-order valence-electron chi connectivity index (χ0n) is 22.1. The van der Waals surface area contributed by atoms with Crippen molar-refractivity contribution >= 4 is 34.2 Å². The number of H-pyrrole nitrogens is 1. The molecule has 194 valence electrons. The monoisotopic (exact) mass is 508 g/mol. The number of ketones is 3. The summed E-state index contributed by atoms with van der Waals surface area (Å²) < 4.78 is 0. The molecular weight excluding hydrogens is 476 g/mol. The fourth-order valence-electron chi connectivity index (χ4n) is 7.67. The number of allylic oxidation sites excluding steroid dienone is 8. The molecule has 1 aliphatic heterocycles. The van der Waals surface area contributed by atoms with Crippen LogP contribution in [-0.2, 0) is 31.0 Å².